The van der Waals surface area contributed by atoms with Gasteiger partial charge in [0.15, 0.2) is 0 Å². The van der Waals surface area contributed by atoms with Crippen LogP contribution in [0.4, 0.5) is 5.69 Å². The molecule has 4 nitrogen and oxygen atoms in total. The van der Waals surface area contributed by atoms with E-state index >= 15 is 0 Å². The van der Waals surface area contributed by atoms with Crippen molar-refractivity contribution in [3.05, 3.63) is 28.8 Å². The van der Waals surface area contributed by atoms with Crippen molar-refractivity contribution in [1.29, 1.82) is 0 Å². The predicted molar refractivity (Wildman–Crippen MR) is 64.3 cm³/mol. The zero-order chi connectivity index (χ0) is 12.3. The maximum absolute atomic E-state index is 11.8. The molecule has 4 heteroatoms. The van der Waals surface area contributed by atoms with Gasteiger partial charge in [-0.15, -0.1) is 0 Å². The number of nitrogen functional groups attached to an aromatic ring is 1. The molecule has 0 aromatic heterocycles. The van der Waals surface area contributed by atoms with E-state index in [-0.39, 0.29) is 18.6 Å². The van der Waals surface area contributed by atoms with Gasteiger partial charge < -0.3 is 16.2 Å². The molecular weight excluding hydrogens is 204 g/mol. The minimum atomic E-state index is -0.255. The predicted octanol–water partition coefficient (Wildman–Crippen LogP) is 0.996. The molecule has 1 atom stereocenters. The Kier molecular flexibility index (Phi) is 3.90. The number of aliphatic hydroxyl groups excluding tert-OH is 1. The van der Waals surface area contributed by atoms with Gasteiger partial charge in [0.05, 0.1) is 6.61 Å². The van der Waals surface area contributed by atoms with Gasteiger partial charge in [-0.1, -0.05) is 6.07 Å². The number of benzene rings is 1. The van der Waals surface area contributed by atoms with Crippen LogP contribution in [0.5, 0.6) is 0 Å². The van der Waals surface area contributed by atoms with Gasteiger partial charge in [0.2, 0.25) is 0 Å². The van der Waals surface area contributed by atoms with Crippen molar-refractivity contribution in [2.75, 3.05) is 12.3 Å². The second kappa shape index (κ2) is 4.99. The Hall–Kier alpha value is -1.55. The number of hydrogen-bond donors (Lipinski definition) is 3. The number of aryl methyl sites for hydroxylation is 2. The first kappa shape index (κ1) is 12.5. The van der Waals surface area contributed by atoms with Gasteiger partial charge in [0, 0.05) is 17.3 Å². The lowest BCUT2D eigenvalue weighted by Gasteiger charge is -2.13. The van der Waals surface area contributed by atoms with E-state index in [2.05, 4.69) is 5.32 Å². The van der Waals surface area contributed by atoms with Crippen LogP contribution in [0.25, 0.3) is 0 Å². The van der Waals surface area contributed by atoms with E-state index in [9.17, 15) is 4.79 Å². The summed E-state index contributed by atoms with van der Waals surface area (Å²) in [6.07, 6.45) is 0. The molecule has 1 amide bonds. The van der Waals surface area contributed by atoms with Gasteiger partial charge in [-0.2, -0.15) is 0 Å². The van der Waals surface area contributed by atoms with Crippen LogP contribution in [-0.4, -0.2) is 23.7 Å². The molecule has 0 spiro atoms. The van der Waals surface area contributed by atoms with Crippen molar-refractivity contribution >= 4 is 11.6 Å². The summed E-state index contributed by atoms with van der Waals surface area (Å²) in [7, 11) is 0. The molecule has 0 radical (unpaired) electrons. The van der Waals surface area contributed by atoms with Crippen LogP contribution in [0.15, 0.2) is 12.1 Å². The van der Waals surface area contributed by atoms with E-state index in [1.165, 1.54) is 0 Å². The maximum Gasteiger partial charge on any atom is 0.251 e. The molecule has 1 unspecified atom stereocenters. The summed E-state index contributed by atoms with van der Waals surface area (Å²) >= 11 is 0. The van der Waals surface area contributed by atoms with Crippen molar-refractivity contribution in [2.45, 2.75) is 26.8 Å². The highest BCUT2D eigenvalue weighted by Crippen LogP contribution is 2.17. The van der Waals surface area contributed by atoms with Crippen LogP contribution < -0.4 is 11.1 Å². The zero-order valence-corrected chi connectivity index (χ0v) is 9.87. The molecule has 4 N–H and O–H groups in total. The summed E-state index contributed by atoms with van der Waals surface area (Å²) < 4.78 is 0. The minimum Gasteiger partial charge on any atom is -0.398 e. The van der Waals surface area contributed by atoms with Crippen LogP contribution in [0.1, 0.15) is 28.4 Å². The number of aliphatic hydroxyl groups is 1. The Bertz CT molecular complexity index is 402. The van der Waals surface area contributed by atoms with Crippen molar-refractivity contribution < 1.29 is 9.90 Å². The average molecular weight is 222 g/mol. The number of rotatable bonds is 3. The largest absolute Gasteiger partial charge is 0.398 e. The molecule has 1 aromatic rings. The molecule has 1 rings (SSSR count). The van der Waals surface area contributed by atoms with Crippen molar-refractivity contribution in [3.8, 4) is 0 Å². The van der Waals surface area contributed by atoms with E-state index in [0.29, 0.717) is 11.3 Å². The molecule has 0 aliphatic rings. The molecule has 0 saturated carbocycles. The van der Waals surface area contributed by atoms with E-state index in [0.717, 1.165) is 11.1 Å². The van der Waals surface area contributed by atoms with Gasteiger partial charge in [-0.05, 0) is 38.0 Å². The molecule has 0 aliphatic heterocycles. The molecule has 0 bridgehead atoms. The first-order valence-electron chi connectivity index (χ1n) is 5.24. The molecule has 0 saturated heterocycles. The highest BCUT2D eigenvalue weighted by atomic mass is 16.3. The van der Waals surface area contributed by atoms with Crippen molar-refractivity contribution in [1.82, 2.24) is 5.32 Å². The minimum absolute atomic E-state index is 0.0773. The second-order valence-corrected chi connectivity index (χ2v) is 4.08. The monoisotopic (exact) mass is 222 g/mol. The average Bonchev–Trinajstić information content (AvgIpc) is 2.23. The van der Waals surface area contributed by atoms with Gasteiger partial charge in [-0.25, -0.2) is 0 Å². The van der Waals surface area contributed by atoms with E-state index in [1.54, 1.807) is 13.0 Å². The molecule has 88 valence electrons. The summed E-state index contributed by atoms with van der Waals surface area (Å²) in [5.74, 6) is -0.203. The molecule has 0 fully saturated rings. The summed E-state index contributed by atoms with van der Waals surface area (Å²) in [5, 5.41) is 11.5. The zero-order valence-electron chi connectivity index (χ0n) is 9.87. The molecule has 16 heavy (non-hydrogen) atoms. The highest BCUT2D eigenvalue weighted by molar-refractivity contribution is 5.96. The number of carbonyl (C=O) groups is 1. The lowest BCUT2D eigenvalue weighted by Crippen LogP contribution is -2.35. The number of nitrogens with one attached hydrogen (secondary N) is 1. The van der Waals surface area contributed by atoms with Crippen LogP contribution in [-0.2, 0) is 0 Å². The number of hydrogen-bond acceptors (Lipinski definition) is 3. The smallest absolute Gasteiger partial charge is 0.251 e. The summed E-state index contributed by atoms with van der Waals surface area (Å²) in [6.45, 7) is 5.43. The van der Waals surface area contributed by atoms with Crippen molar-refractivity contribution in [3.63, 3.8) is 0 Å². The molecule has 1 aromatic carbocycles. The fourth-order valence-corrected chi connectivity index (χ4v) is 1.46. The van der Waals surface area contributed by atoms with Crippen LogP contribution in [0.2, 0.25) is 0 Å². The van der Waals surface area contributed by atoms with Crippen LogP contribution >= 0.6 is 0 Å². The SMILES string of the molecule is Cc1cc(C)c(C(=O)NC(C)CO)cc1N. The number of nitrogens with two attached hydrogens (primary N) is 1. The van der Waals surface area contributed by atoms with Gasteiger partial charge in [0.25, 0.3) is 5.91 Å². The topological polar surface area (TPSA) is 75.3 Å². The molecule has 0 heterocycles. The summed E-state index contributed by atoms with van der Waals surface area (Å²) in [4.78, 5) is 11.8. The quantitative estimate of drug-likeness (QED) is 0.668. The first-order chi connectivity index (χ1) is 7.45. The van der Waals surface area contributed by atoms with Crippen molar-refractivity contribution in [2.24, 2.45) is 0 Å². The van der Waals surface area contributed by atoms with Gasteiger partial charge in [-0.3, -0.25) is 4.79 Å². The third-order valence-electron chi connectivity index (χ3n) is 2.51. The first-order valence-corrected chi connectivity index (χ1v) is 5.24. The third-order valence-corrected chi connectivity index (χ3v) is 2.51. The van der Waals surface area contributed by atoms with E-state index < -0.39 is 0 Å². The van der Waals surface area contributed by atoms with Crippen LogP contribution in [0.3, 0.4) is 0 Å². The fourth-order valence-electron chi connectivity index (χ4n) is 1.46. The Balaban J connectivity index is 2.96. The van der Waals surface area contributed by atoms with E-state index in [1.807, 2.05) is 19.9 Å². The third kappa shape index (κ3) is 2.73. The normalized spacial score (nSPS) is 12.2. The van der Waals surface area contributed by atoms with Crippen LogP contribution in [0, 0.1) is 13.8 Å². The lowest BCUT2D eigenvalue weighted by molar-refractivity contribution is 0.0921. The fraction of sp³-hybridized carbons (Fsp3) is 0.417. The Morgan fingerprint density at radius 3 is 2.62 bits per heavy atom. The highest BCUT2D eigenvalue weighted by Gasteiger charge is 2.12. The Labute approximate surface area is 95.5 Å². The summed E-state index contributed by atoms with van der Waals surface area (Å²) in [5.41, 5.74) is 8.77. The van der Waals surface area contributed by atoms with Gasteiger partial charge >= 0.3 is 0 Å². The maximum atomic E-state index is 11.8. The standard InChI is InChI=1S/C12H18N2O2/c1-7-4-8(2)11(13)5-10(7)12(16)14-9(3)6-15/h4-5,9,15H,6,13H2,1-3H3,(H,14,16). The summed E-state index contributed by atoms with van der Waals surface area (Å²) in [6, 6.07) is 3.30. The number of amides is 1. The lowest BCUT2D eigenvalue weighted by atomic mass is 10.0. The molecular formula is C12H18N2O2. The second-order valence-electron chi connectivity index (χ2n) is 4.08. The van der Waals surface area contributed by atoms with Gasteiger partial charge in [0.1, 0.15) is 0 Å². The number of carbonyl (C=O) groups excluding carboxylic acids is 1. The Morgan fingerprint density at radius 2 is 2.06 bits per heavy atom. The van der Waals surface area contributed by atoms with E-state index in [4.69, 9.17) is 10.8 Å². The Morgan fingerprint density at radius 1 is 1.44 bits per heavy atom. The molecule has 0 aliphatic carbocycles. The number of anilines is 1.